The SMILES string of the molecule is COc1ccc2c(c1)CC1(CCNCC1)O2. The number of hydrogen-bond donors (Lipinski definition) is 1. The van der Waals surface area contributed by atoms with Gasteiger partial charge in [0.05, 0.1) is 7.11 Å². The molecule has 1 aromatic carbocycles. The third-order valence-corrected chi connectivity index (χ3v) is 3.62. The van der Waals surface area contributed by atoms with E-state index in [1.165, 1.54) is 5.56 Å². The summed E-state index contributed by atoms with van der Waals surface area (Å²) in [5.41, 5.74) is 1.35. The van der Waals surface area contributed by atoms with Crippen LogP contribution >= 0.6 is 0 Å². The van der Waals surface area contributed by atoms with E-state index >= 15 is 0 Å². The van der Waals surface area contributed by atoms with E-state index in [0.717, 1.165) is 43.9 Å². The smallest absolute Gasteiger partial charge is 0.123 e. The fraction of sp³-hybridized carbons (Fsp3) is 0.538. The van der Waals surface area contributed by atoms with Gasteiger partial charge in [-0.15, -0.1) is 0 Å². The van der Waals surface area contributed by atoms with E-state index in [2.05, 4.69) is 11.4 Å². The van der Waals surface area contributed by atoms with Gasteiger partial charge in [-0.3, -0.25) is 0 Å². The second-order valence-electron chi connectivity index (χ2n) is 4.69. The second-order valence-corrected chi connectivity index (χ2v) is 4.69. The second kappa shape index (κ2) is 3.67. The Balaban J connectivity index is 1.87. The van der Waals surface area contributed by atoms with Crippen LogP contribution in [0.15, 0.2) is 18.2 Å². The zero-order valence-electron chi connectivity index (χ0n) is 9.58. The lowest BCUT2D eigenvalue weighted by Crippen LogP contribution is -2.45. The van der Waals surface area contributed by atoms with Gasteiger partial charge in [0.1, 0.15) is 17.1 Å². The summed E-state index contributed by atoms with van der Waals surface area (Å²) >= 11 is 0. The molecule has 0 atom stereocenters. The first-order chi connectivity index (χ1) is 7.81. The van der Waals surface area contributed by atoms with Crippen molar-refractivity contribution in [1.82, 2.24) is 5.32 Å². The quantitative estimate of drug-likeness (QED) is 0.780. The molecule has 0 aliphatic carbocycles. The molecular weight excluding hydrogens is 202 g/mol. The van der Waals surface area contributed by atoms with Gasteiger partial charge in [0.2, 0.25) is 0 Å². The molecule has 3 nitrogen and oxygen atoms in total. The molecule has 86 valence electrons. The zero-order valence-corrected chi connectivity index (χ0v) is 9.58. The van der Waals surface area contributed by atoms with Gasteiger partial charge in [-0.2, -0.15) is 0 Å². The number of nitrogens with one attached hydrogen (secondary N) is 1. The summed E-state index contributed by atoms with van der Waals surface area (Å²) in [4.78, 5) is 0. The van der Waals surface area contributed by atoms with Crippen molar-refractivity contribution >= 4 is 0 Å². The molecule has 1 spiro atoms. The van der Waals surface area contributed by atoms with Gasteiger partial charge in [-0.1, -0.05) is 0 Å². The molecule has 0 aromatic heterocycles. The van der Waals surface area contributed by atoms with E-state index in [-0.39, 0.29) is 5.60 Å². The molecule has 1 fully saturated rings. The van der Waals surface area contributed by atoms with Gasteiger partial charge in [0.15, 0.2) is 0 Å². The van der Waals surface area contributed by atoms with Crippen molar-refractivity contribution in [2.24, 2.45) is 0 Å². The molecule has 0 bridgehead atoms. The highest BCUT2D eigenvalue weighted by Gasteiger charge is 2.40. The van der Waals surface area contributed by atoms with E-state index in [0.29, 0.717) is 0 Å². The molecule has 0 saturated carbocycles. The predicted octanol–water partition coefficient (Wildman–Crippen LogP) is 1.75. The van der Waals surface area contributed by atoms with E-state index in [1.54, 1.807) is 7.11 Å². The third-order valence-electron chi connectivity index (χ3n) is 3.62. The standard InChI is InChI=1S/C13H17NO2/c1-15-11-2-3-12-10(8-11)9-13(16-12)4-6-14-7-5-13/h2-3,8,14H,4-7,9H2,1H3. The molecular formula is C13H17NO2. The molecule has 2 heterocycles. The molecule has 0 radical (unpaired) electrons. The van der Waals surface area contributed by atoms with Gasteiger partial charge in [0.25, 0.3) is 0 Å². The van der Waals surface area contributed by atoms with Gasteiger partial charge < -0.3 is 14.8 Å². The van der Waals surface area contributed by atoms with Crippen LogP contribution in [0.25, 0.3) is 0 Å². The van der Waals surface area contributed by atoms with Crippen molar-refractivity contribution < 1.29 is 9.47 Å². The van der Waals surface area contributed by atoms with Crippen molar-refractivity contribution in [3.63, 3.8) is 0 Å². The first-order valence-corrected chi connectivity index (χ1v) is 5.88. The van der Waals surface area contributed by atoms with Gasteiger partial charge in [-0.25, -0.2) is 0 Å². The highest BCUT2D eigenvalue weighted by atomic mass is 16.5. The average molecular weight is 219 g/mol. The van der Waals surface area contributed by atoms with Crippen LogP contribution in [0.1, 0.15) is 18.4 Å². The maximum atomic E-state index is 6.14. The predicted molar refractivity (Wildman–Crippen MR) is 62.2 cm³/mol. The number of fused-ring (bicyclic) bond motifs is 1. The highest BCUT2D eigenvalue weighted by Crippen LogP contribution is 2.41. The fourth-order valence-corrected chi connectivity index (χ4v) is 2.70. The molecule has 0 unspecified atom stereocenters. The van der Waals surface area contributed by atoms with Gasteiger partial charge >= 0.3 is 0 Å². The molecule has 1 aromatic rings. The minimum absolute atomic E-state index is 0.0555. The van der Waals surface area contributed by atoms with E-state index in [9.17, 15) is 0 Å². The number of ether oxygens (including phenoxy) is 2. The molecule has 2 aliphatic heterocycles. The summed E-state index contributed by atoms with van der Waals surface area (Å²) in [5, 5.41) is 3.38. The van der Waals surface area contributed by atoms with Crippen LogP contribution in [-0.2, 0) is 6.42 Å². The molecule has 0 amide bonds. The van der Waals surface area contributed by atoms with Crippen molar-refractivity contribution in [3.8, 4) is 11.5 Å². The van der Waals surface area contributed by atoms with Crippen LogP contribution in [-0.4, -0.2) is 25.8 Å². The van der Waals surface area contributed by atoms with Gasteiger partial charge in [0, 0.05) is 12.0 Å². The summed E-state index contributed by atoms with van der Waals surface area (Å²) in [6, 6.07) is 6.11. The molecule has 3 heteroatoms. The van der Waals surface area contributed by atoms with Crippen molar-refractivity contribution in [2.45, 2.75) is 24.9 Å². The number of hydrogen-bond acceptors (Lipinski definition) is 3. The molecule has 2 aliphatic rings. The molecule has 16 heavy (non-hydrogen) atoms. The lowest BCUT2D eigenvalue weighted by atomic mass is 9.88. The molecule has 1 N–H and O–H groups in total. The first kappa shape index (κ1) is 9.97. The Hall–Kier alpha value is -1.22. The summed E-state index contributed by atoms with van der Waals surface area (Å²) < 4.78 is 11.4. The average Bonchev–Trinajstić information content (AvgIpc) is 2.66. The van der Waals surface area contributed by atoms with Crippen LogP contribution in [0.3, 0.4) is 0 Å². The Labute approximate surface area is 95.8 Å². The summed E-state index contributed by atoms with van der Waals surface area (Å²) in [7, 11) is 1.71. The summed E-state index contributed by atoms with van der Waals surface area (Å²) in [6.45, 7) is 2.12. The lowest BCUT2D eigenvalue weighted by molar-refractivity contribution is 0.0600. The van der Waals surface area contributed by atoms with Crippen LogP contribution < -0.4 is 14.8 Å². The Bertz CT molecular complexity index is 397. The minimum Gasteiger partial charge on any atom is -0.497 e. The minimum atomic E-state index is 0.0555. The van der Waals surface area contributed by atoms with Crippen molar-refractivity contribution in [2.75, 3.05) is 20.2 Å². The maximum Gasteiger partial charge on any atom is 0.123 e. The normalized spacial score (nSPS) is 21.6. The Kier molecular flexibility index (Phi) is 2.28. The number of benzene rings is 1. The van der Waals surface area contributed by atoms with Crippen LogP contribution in [0.5, 0.6) is 11.5 Å². The van der Waals surface area contributed by atoms with E-state index < -0.39 is 0 Å². The van der Waals surface area contributed by atoms with E-state index in [4.69, 9.17) is 9.47 Å². The summed E-state index contributed by atoms with van der Waals surface area (Å²) in [6.07, 6.45) is 3.23. The number of methoxy groups -OCH3 is 1. The number of rotatable bonds is 1. The zero-order chi connectivity index (χ0) is 11.0. The molecule has 1 saturated heterocycles. The first-order valence-electron chi connectivity index (χ1n) is 5.88. The van der Waals surface area contributed by atoms with Gasteiger partial charge in [-0.05, 0) is 44.1 Å². The summed E-state index contributed by atoms with van der Waals surface area (Å²) in [5.74, 6) is 1.97. The van der Waals surface area contributed by atoms with Crippen LogP contribution in [0.4, 0.5) is 0 Å². The topological polar surface area (TPSA) is 30.5 Å². The van der Waals surface area contributed by atoms with Crippen LogP contribution in [0, 0.1) is 0 Å². The third kappa shape index (κ3) is 1.55. The highest BCUT2D eigenvalue weighted by molar-refractivity contribution is 5.44. The largest absolute Gasteiger partial charge is 0.497 e. The Morgan fingerprint density at radius 3 is 2.88 bits per heavy atom. The maximum absolute atomic E-state index is 6.14. The fourth-order valence-electron chi connectivity index (χ4n) is 2.70. The Morgan fingerprint density at radius 1 is 1.31 bits per heavy atom. The van der Waals surface area contributed by atoms with Crippen LogP contribution in [0.2, 0.25) is 0 Å². The lowest BCUT2D eigenvalue weighted by Gasteiger charge is -2.33. The van der Waals surface area contributed by atoms with Crippen molar-refractivity contribution in [3.05, 3.63) is 23.8 Å². The Morgan fingerprint density at radius 2 is 2.12 bits per heavy atom. The number of piperidine rings is 1. The van der Waals surface area contributed by atoms with E-state index in [1.807, 2.05) is 12.1 Å². The molecule has 3 rings (SSSR count). The van der Waals surface area contributed by atoms with Crippen molar-refractivity contribution in [1.29, 1.82) is 0 Å². The monoisotopic (exact) mass is 219 g/mol.